The van der Waals surface area contributed by atoms with Gasteiger partial charge in [0.1, 0.15) is 0 Å². The molecule has 1 amide bonds. The summed E-state index contributed by atoms with van der Waals surface area (Å²) in [6.07, 6.45) is 2.13. The highest BCUT2D eigenvalue weighted by Gasteiger charge is 2.24. The number of carbonyl (C=O) groups excluding carboxylic acids is 1. The summed E-state index contributed by atoms with van der Waals surface area (Å²) in [7, 11) is 3.99. The van der Waals surface area contributed by atoms with E-state index >= 15 is 0 Å². The second kappa shape index (κ2) is 6.53. The quantitative estimate of drug-likeness (QED) is 0.859. The van der Waals surface area contributed by atoms with Crippen LogP contribution in [0.15, 0.2) is 41.1 Å². The number of thiophene rings is 1. The van der Waals surface area contributed by atoms with Crippen molar-refractivity contribution in [1.82, 2.24) is 4.90 Å². The van der Waals surface area contributed by atoms with Crippen LogP contribution in [-0.2, 0) is 0 Å². The summed E-state index contributed by atoms with van der Waals surface area (Å²) in [4.78, 5) is 16.7. The van der Waals surface area contributed by atoms with Crippen LogP contribution in [-0.4, -0.2) is 38.0 Å². The molecular weight excluding hydrogens is 292 g/mol. The van der Waals surface area contributed by atoms with E-state index in [0.717, 1.165) is 37.2 Å². The van der Waals surface area contributed by atoms with Crippen LogP contribution in [0.5, 0.6) is 0 Å². The van der Waals surface area contributed by atoms with Crippen molar-refractivity contribution in [2.24, 2.45) is 0 Å². The fourth-order valence-corrected chi connectivity index (χ4v) is 3.77. The largest absolute Gasteiger partial charge is 0.378 e. The van der Waals surface area contributed by atoms with Gasteiger partial charge in [-0.25, -0.2) is 0 Å². The van der Waals surface area contributed by atoms with Gasteiger partial charge in [0.05, 0.1) is 0 Å². The molecule has 1 aliphatic rings. The molecule has 0 atom stereocenters. The maximum Gasteiger partial charge on any atom is 0.253 e. The lowest BCUT2D eigenvalue weighted by Gasteiger charge is -2.32. The molecule has 0 bridgehead atoms. The third-order valence-electron chi connectivity index (χ3n) is 4.41. The molecule has 0 spiro atoms. The van der Waals surface area contributed by atoms with Crippen LogP contribution >= 0.6 is 11.3 Å². The number of likely N-dealkylation sites (tertiary alicyclic amines) is 1. The number of carbonyl (C=O) groups is 1. The Kier molecular flexibility index (Phi) is 4.48. The third kappa shape index (κ3) is 3.17. The average Bonchev–Trinajstić information content (AvgIpc) is 3.09. The van der Waals surface area contributed by atoms with Crippen LogP contribution in [0.25, 0.3) is 0 Å². The zero-order valence-corrected chi connectivity index (χ0v) is 14.0. The number of amides is 1. The number of anilines is 1. The van der Waals surface area contributed by atoms with E-state index in [4.69, 9.17) is 0 Å². The van der Waals surface area contributed by atoms with Gasteiger partial charge in [0, 0.05) is 38.4 Å². The maximum absolute atomic E-state index is 12.7. The summed E-state index contributed by atoms with van der Waals surface area (Å²) in [6, 6.07) is 10.1. The van der Waals surface area contributed by atoms with Crippen molar-refractivity contribution in [3.05, 3.63) is 52.2 Å². The standard InChI is InChI=1S/C18H22N2OS/c1-19(2)17-5-3-4-15(12-17)18(21)20-9-6-14(7-10-20)16-8-11-22-13-16/h3-5,8,11-14H,6-7,9-10H2,1-2H3. The van der Waals surface area contributed by atoms with Gasteiger partial charge in [-0.15, -0.1) is 0 Å². The van der Waals surface area contributed by atoms with Crippen LogP contribution < -0.4 is 4.90 Å². The van der Waals surface area contributed by atoms with E-state index in [-0.39, 0.29) is 5.91 Å². The van der Waals surface area contributed by atoms with Crippen molar-refractivity contribution in [2.45, 2.75) is 18.8 Å². The predicted octanol–water partition coefficient (Wildman–Crippen LogP) is 3.83. The van der Waals surface area contributed by atoms with Crippen molar-refractivity contribution in [2.75, 3.05) is 32.1 Å². The fourth-order valence-electron chi connectivity index (χ4n) is 3.02. The van der Waals surface area contributed by atoms with Crippen LogP contribution in [0.3, 0.4) is 0 Å². The van der Waals surface area contributed by atoms with E-state index in [1.807, 2.05) is 48.2 Å². The van der Waals surface area contributed by atoms with Crippen LogP contribution in [0.2, 0.25) is 0 Å². The molecule has 0 N–H and O–H groups in total. The van der Waals surface area contributed by atoms with Crippen molar-refractivity contribution in [3.63, 3.8) is 0 Å². The van der Waals surface area contributed by atoms with Gasteiger partial charge in [-0.05, 0) is 59.3 Å². The van der Waals surface area contributed by atoms with Gasteiger partial charge in [-0.1, -0.05) is 6.07 Å². The van der Waals surface area contributed by atoms with E-state index < -0.39 is 0 Å². The van der Waals surface area contributed by atoms with Crippen molar-refractivity contribution in [1.29, 1.82) is 0 Å². The molecule has 1 fully saturated rings. The number of hydrogen-bond acceptors (Lipinski definition) is 3. The molecule has 1 aromatic carbocycles. The fraction of sp³-hybridized carbons (Fsp3) is 0.389. The molecule has 3 nitrogen and oxygen atoms in total. The van der Waals surface area contributed by atoms with Gasteiger partial charge in [-0.2, -0.15) is 11.3 Å². The molecule has 2 heterocycles. The highest BCUT2D eigenvalue weighted by molar-refractivity contribution is 7.07. The lowest BCUT2D eigenvalue weighted by atomic mass is 9.91. The summed E-state index contributed by atoms with van der Waals surface area (Å²) < 4.78 is 0. The predicted molar refractivity (Wildman–Crippen MR) is 93.0 cm³/mol. The normalized spacial score (nSPS) is 15.8. The number of rotatable bonds is 3. The lowest BCUT2D eigenvalue weighted by molar-refractivity contribution is 0.0713. The van der Waals surface area contributed by atoms with E-state index in [1.165, 1.54) is 5.56 Å². The summed E-state index contributed by atoms with van der Waals surface area (Å²) >= 11 is 1.76. The van der Waals surface area contributed by atoms with Gasteiger partial charge >= 0.3 is 0 Å². The van der Waals surface area contributed by atoms with Gasteiger partial charge in [0.15, 0.2) is 0 Å². The minimum atomic E-state index is 0.160. The van der Waals surface area contributed by atoms with Crippen LogP contribution in [0.4, 0.5) is 5.69 Å². The van der Waals surface area contributed by atoms with Crippen molar-refractivity contribution < 1.29 is 4.79 Å². The Hall–Kier alpha value is -1.81. The summed E-state index contributed by atoms with van der Waals surface area (Å²) in [5.74, 6) is 0.774. The maximum atomic E-state index is 12.7. The Morgan fingerprint density at radius 2 is 2.00 bits per heavy atom. The first-order valence-corrected chi connectivity index (χ1v) is 8.68. The van der Waals surface area contributed by atoms with Crippen molar-refractivity contribution >= 4 is 22.9 Å². The summed E-state index contributed by atoms with van der Waals surface area (Å²) in [6.45, 7) is 1.71. The molecule has 4 heteroatoms. The van der Waals surface area contributed by atoms with Gasteiger partial charge in [0.2, 0.25) is 0 Å². The molecule has 1 saturated heterocycles. The average molecular weight is 314 g/mol. The van der Waals surface area contributed by atoms with E-state index in [9.17, 15) is 4.79 Å². The molecule has 0 unspecified atom stereocenters. The molecule has 2 aromatic rings. The van der Waals surface area contributed by atoms with E-state index in [0.29, 0.717) is 5.92 Å². The summed E-state index contributed by atoms with van der Waals surface area (Å²) in [5, 5.41) is 4.38. The molecule has 3 rings (SSSR count). The SMILES string of the molecule is CN(C)c1cccc(C(=O)N2CCC(c3ccsc3)CC2)c1. The monoisotopic (exact) mass is 314 g/mol. The van der Waals surface area contributed by atoms with E-state index in [2.05, 4.69) is 16.8 Å². The highest BCUT2D eigenvalue weighted by Crippen LogP contribution is 2.30. The smallest absolute Gasteiger partial charge is 0.253 e. The first kappa shape index (κ1) is 15.1. The van der Waals surface area contributed by atoms with Gasteiger partial charge in [-0.3, -0.25) is 4.79 Å². The minimum absolute atomic E-state index is 0.160. The second-order valence-corrected chi connectivity index (χ2v) is 6.85. The zero-order chi connectivity index (χ0) is 15.5. The zero-order valence-electron chi connectivity index (χ0n) is 13.2. The Morgan fingerprint density at radius 1 is 1.23 bits per heavy atom. The number of hydrogen-bond donors (Lipinski definition) is 0. The van der Waals surface area contributed by atoms with E-state index in [1.54, 1.807) is 11.3 Å². The Balaban J connectivity index is 1.66. The molecule has 116 valence electrons. The lowest BCUT2D eigenvalue weighted by Crippen LogP contribution is -2.37. The first-order valence-electron chi connectivity index (χ1n) is 7.74. The minimum Gasteiger partial charge on any atom is -0.378 e. The van der Waals surface area contributed by atoms with Gasteiger partial charge in [0.25, 0.3) is 5.91 Å². The number of benzene rings is 1. The first-order chi connectivity index (χ1) is 10.6. The molecule has 1 aliphatic heterocycles. The molecular formula is C18H22N2OS. The highest BCUT2D eigenvalue weighted by atomic mass is 32.1. The number of nitrogens with zero attached hydrogens (tertiary/aromatic N) is 2. The van der Waals surface area contributed by atoms with Crippen LogP contribution in [0, 0.1) is 0 Å². The Bertz CT molecular complexity index is 628. The molecule has 22 heavy (non-hydrogen) atoms. The second-order valence-electron chi connectivity index (χ2n) is 6.07. The van der Waals surface area contributed by atoms with Crippen molar-refractivity contribution in [3.8, 4) is 0 Å². The third-order valence-corrected chi connectivity index (χ3v) is 5.11. The Morgan fingerprint density at radius 3 is 2.64 bits per heavy atom. The Labute approximate surface area is 136 Å². The van der Waals surface area contributed by atoms with Crippen LogP contribution in [0.1, 0.15) is 34.7 Å². The molecule has 0 radical (unpaired) electrons. The summed E-state index contributed by atoms with van der Waals surface area (Å²) in [5.41, 5.74) is 3.30. The molecule has 1 aromatic heterocycles. The molecule has 0 saturated carbocycles. The topological polar surface area (TPSA) is 23.6 Å². The number of piperidine rings is 1. The molecule has 0 aliphatic carbocycles. The van der Waals surface area contributed by atoms with Gasteiger partial charge < -0.3 is 9.80 Å².